The first kappa shape index (κ1) is 55.2. The highest BCUT2D eigenvalue weighted by Gasteiger charge is 2.49. The Labute approximate surface area is 552 Å². The fourth-order valence-electron chi connectivity index (χ4n) is 16.5. The first-order valence-corrected chi connectivity index (χ1v) is 34.0. The Morgan fingerprint density at radius 1 is 0.348 bits per heavy atom. The topological polar surface area (TPSA) is 28.8 Å². The maximum atomic E-state index is 7.59. The number of para-hydroxylation sites is 6. The fourth-order valence-corrected chi connectivity index (χ4v) is 17.6. The summed E-state index contributed by atoms with van der Waals surface area (Å²) >= 11 is 2.70. The Hall–Kier alpha value is -9.70. The van der Waals surface area contributed by atoms with Gasteiger partial charge >= 0.3 is 0 Å². The Balaban J connectivity index is 0.984. The van der Waals surface area contributed by atoms with Crippen molar-refractivity contribution in [3.8, 4) is 22.9 Å². The predicted octanol–water partition coefficient (Wildman–Crippen LogP) is 18.6. The van der Waals surface area contributed by atoms with Gasteiger partial charge in [0.2, 0.25) is 0 Å². The molecule has 0 bridgehead atoms. The van der Waals surface area contributed by atoms with Crippen LogP contribution in [0.15, 0.2) is 237 Å². The number of rotatable bonds is 11. The van der Waals surface area contributed by atoms with Crippen LogP contribution in [0.3, 0.4) is 0 Å². The van der Waals surface area contributed by atoms with Gasteiger partial charge in [-0.15, -0.1) is 0 Å². The predicted molar refractivity (Wildman–Crippen MR) is 399 cm³/mol. The van der Waals surface area contributed by atoms with Crippen LogP contribution in [-0.4, -0.2) is 22.6 Å². The molecule has 9 heteroatoms. The molecule has 0 saturated carbocycles. The molecule has 0 fully saturated rings. The second-order valence-corrected chi connectivity index (χ2v) is 27.2. The zero-order chi connectivity index (χ0) is 61.6. The monoisotopic (exact) mass is 1300 g/mol. The smallest absolute Gasteiger partial charge is 0.256 e. The molecule has 0 N–H and O–H groups in total. The van der Waals surface area contributed by atoms with Crippen molar-refractivity contribution in [1.82, 2.24) is 9.13 Å². The molecule has 6 heterocycles. The molecule has 0 radical (unpaired) electrons. The number of anilines is 9. The number of fused-ring (bicyclic) bond motifs is 14. The van der Waals surface area contributed by atoms with E-state index < -0.39 is 0 Å². The van der Waals surface area contributed by atoms with E-state index in [9.17, 15) is 0 Å². The minimum absolute atomic E-state index is 0.155. The van der Waals surface area contributed by atoms with E-state index in [4.69, 9.17) is 4.74 Å². The van der Waals surface area contributed by atoms with E-state index in [0.717, 1.165) is 101 Å². The summed E-state index contributed by atoms with van der Waals surface area (Å²) in [5, 5.41) is 4.93. The summed E-state index contributed by atoms with van der Waals surface area (Å²) in [6, 6.07) is 90.1. The molecule has 0 unspecified atom stereocenters. The van der Waals surface area contributed by atoms with Crippen LogP contribution in [0, 0.1) is 24.3 Å². The third-order valence-corrected chi connectivity index (χ3v) is 21.1. The molecule has 92 heavy (non-hydrogen) atoms. The molecule has 12 aromatic carbocycles. The van der Waals surface area contributed by atoms with Crippen LogP contribution in [0.5, 0.6) is 11.5 Å². The number of unbranched alkanes of at least 4 members (excludes halogenated alkanes) is 2. The van der Waals surface area contributed by atoms with Gasteiger partial charge in [0.1, 0.15) is 11.5 Å². The molecule has 0 spiro atoms. The highest BCUT2D eigenvalue weighted by molar-refractivity contribution is 14.1. The summed E-state index contributed by atoms with van der Waals surface area (Å²) in [5.74, 6) is 1.84. The number of nitrogens with zero attached hydrogens (tertiary/aromatic N) is 5. The number of halogens is 1. The maximum Gasteiger partial charge on any atom is 0.256 e. The van der Waals surface area contributed by atoms with Crippen molar-refractivity contribution in [2.75, 3.05) is 14.7 Å². The number of hydrogen-bond donors (Lipinski definition) is 0. The van der Waals surface area contributed by atoms with Crippen molar-refractivity contribution in [3.05, 3.63) is 268 Å². The van der Waals surface area contributed by atoms with Gasteiger partial charge in [0.25, 0.3) is 13.4 Å². The Bertz CT molecular complexity index is 5290. The standard InChI is InChI=1S/C83H66B2IN5O/c1-6-8-24-54-38-51(3)40-58(44-54)91-74-42-53(5)41-67(86)81(74)85-66-49-65-72(50-73(66)87(56-26-12-10-13-27-56)75-45-59(46-76(91)82(75)85)89-68-34-20-16-30-61(68)62-31-17-21-35-69(62)89)88(57-28-14-11-15-29-57)77-47-60(90-70-36-22-18-32-63(70)64-33-19-23-37-71(64)90)48-79-83(77)84(65)80-55(25-9-7-2)39-52(4)43-78(80)92-79/h10-23,26-50H,6-9,24-25H2,1-5H3. The summed E-state index contributed by atoms with van der Waals surface area (Å²) in [7, 11) is 0. The van der Waals surface area contributed by atoms with E-state index in [2.05, 4.69) is 318 Å². The van der Waals surface area contributed by atoms with Gasteiger partial charge in [0.15, 0.2) is 0 Å². The molecule has 4 aliphatic heterocycles. The molecule has 0 saturated heterocycles. The molecule has 18 rings (SSSR count). The zero-order valence-electron chi connectivity index (χ0n) is 52.4. The summed E-state index contributed by atoms with van der Waals surface area (Å²) in [6.45, 7) is 11.1. The van der Waals surface area contributed by atoms with Gasteiger partial charge in [-0.3, -0.25) is 0 Å². The van der Waals surface area contributed by atoms with Gasteiger partial charge < -0.3 is 28.6 Å². The number of aryl methyl sites for hydroxylation is 5. The molecule has 442 valence electrons. The highest BCUT2D eigenvalue weighted by atomic mass is 127. The van der Waals surface area contributed by atoms with E-state index in [-0.39, 0.29) is 13.4 Å². The molecule has 6 nitrogen and oxygen atoms in total. The van der Waals surface area contributed by atoms with E-state index in [1.165, 1.54) is 119 Å². The lowest BCUT2D eigenvalue weighted by atomic mass is 9.30. The van der Waals surface area contributed by atoms with Gasteiger partial charge in [-0.2, -0.15) is 0 Å². The Morgan fingerprint density at radius 2 is 0.793 bits per heavy atom. The quantitative estimate of drug-likeness (QED) is 0.0953. The lowest BCUT2D eigenvalue weighted by Crippen LogP contribution is -2.65. The van der Waals surface area contributed by atoms with Crippen molar-refractivity contribution < 1.29 is 4.74 Å². The number of hydrogen-bond acceptors (Lipinski definition) is 4. The molecule has 0 amide bonds. The van der Waals surface area contributed by atoms with Crippen LogP contribution in [0.4, 0.5) is 51.2 Å². The Morgan fingerprint density at radius 3 is 1.35 bits per heavy atom. The van der Waals surface area contributed by atoms with Gasteiger partial charge in [-0.05, 0) is 233 Å². The lowest BCUT2D eigenvalue weighted by Gasteiger charge is -2.47. The molecule has 4 aliphatic rings. The summed E-state index contributed by atoms with van der Waals surface area (Å²) < 4.78 is 13.8. The van der Waals surface area contributed by atoms with Crippen LogP contribution in [-0.2, 0) is 12.8 Å². The van der Waals surface area contributed by atoms with Gasteiger partial charge in [0, 0.05) is 82.4 Å². The van der Waals surface area contributed by atoms with Crippen LogP contribution in [0.25, 0.3) is 55.0 Å². The van der Waals surface area contributed by atoms with Gasteiger partial charge in [-0.25, -0.2) is 0 Å². The SMILES string of the molecule is CCCCc1cc(C)cc(N2c3cc(C)cc(I)c3B3c4cc5c(cc4N(c4ccccc4)c4cc(-n6c7ccccc7c7ccccc76)cc2c43)N(c2ccccc2)c2cc(-n3c4ccccc4c4ccccc43)cc3c2B5c2c(CCCC)cc(C)cc2O3)c1. The lowest BCUT2D eigenvalue weighted by molar-refractivity contribution is 0.486. The molecule has 2 aromatic heterocycles. The molecule has 0 atom stereocenters. The third kappa shape index (κ3) is 8.32. The number of benzene rings is 12. The Kier molecular flexibility index (Phi) is 12.9. The molecular weight excluding hydrogens is 1230 g/mol. The zero-order valence-corrected chi connectivity index (χ0v) is 54.6. The third-order valence-electron chi connectivity index (χ3n) is 20.2. The second-order valence-electron chi connectivity index (χ2n) is 26.0. The second kappa shape index (κ2) is 21.5. The van der Waals surface area contributed by atoms with Crippen molar-refractivity contribution >= 4 is 164 Å². The highest BCUT2D eigenvalue weighted by Crippen LogP contribution is 2.51. The van der Waals surface area contributed by atoms with Crippen LogP contribution in [0.1, 0.15) is 67.3 Å². The number of ether oxygens (including phenoxy) is 1. The largest absolute Gasteiger partial charge is 0.458 e. The summed E-state index contributed by atoms with van der Waals surface area (Å²) in [5.41, 5.74) is 31.4. The van der Waals surface area contributed by atoms with E-state index in [0.29, 0.717) is 0 Å². The first-order valence-electron chi connectivity index (χ1n) is 32.9. The summed E-state index contributed by atoms with van der Waals surface area (Å²) in [4.78, 5) is 7.85. The molecule has 0 aliphatic carbocycles. The average Bonchev–Trinajstić information content (AvgIpc) is 0.802. The van der Waals surface area contributed by atoms with E-state index in [1.807, 2.05) is 0 Å². The van der Waals surface area contributed by atoms with Gasteiger partial charge in [0.05, 0.1) is 33.4 Å². The van der Waals surface area contributed by atoms with Crippen LogP contribution in [0.2, 0.25) is 0 Å². The minimum Gasteiger partial charge on any atom is -0.458 e. The average molecular weight is 1300 g/mol. The van der Waals surface area contributed by atoms with E-state index >= 15 is 0 Å². The van der Waals surface area contributed by atoms with Crippen molar-refractivity contribution in [1.29, 1.82) is 0 Å². The van der Waals surface area contributed by atoms with Crippen LogP contribution >= 0.6 is 22.6 Å². The first-order chi connectivity index (χ1) is 45.2. The summed E-state index contributed by atoms with van der Waals surface area (Å²) in [6.07, 6.45) is 6.44. The van der Waals surface area contributed by atoms with Gasteiger partial charge in [-0.1, -0.05) is 154 Å². The van der Waals surface area contributed by atoms with Crippen molar-refractivity contribution in [2.45, 2.75) is 73.1 Å². The number of aromatic nitrogens is 2. The normalized spacial score (nSPS) is 13.3. The van der Waals surface area contributed by atoms with E-state index in [1.54, 1.807) is 0 Å². The minimum atomic E-state index is -0.156. The fraction of sp³-hybridized carbons (Fsp3) is 0.133. The maximum absolute atomic E-state index is 7.59. The molecule has 14 aromatic rings. The van der Waals surface area contributed by atoms with Crippen LogP contribution < -0.4 is 52.2 Å². The van der Waals surface area contributed by atoms with Crippen molar-refractivity contribution in [3.63, 3.8) is 0 Å². The molecular formula is C83H66B2IN5O. The van der Waals surface area contributed by atoms with Crippen molar-refractivity contribution in [2.24, 2.45) is 0 Å².